The van der Waals surface area contributed by atoms with Gasteiger partial charge in [0.15, 0.2) is 0 Å². The van der Waals surface area contributed by atoms with Gasteiger partial charge in [0.1, 0.15) is 5.75 Å². The van der Waals surface area contributed by atoms with Crippen LogP contribution in [-0.4, -0.2) is 12.2 Å². The summed E-state index contributed by atoms with van der Waals surface area (Å²) in [6.45, 7) is 2.05. The maximum absolute atomic E-state index is 10.2. The van der Waals surface area contributed by atoms with Gasteiger partial charge in [0.05, 0.1) is 13.2 Å². The molecule has 19 heavy (non-hydrogen) atoms. The lowest BCUT2D eigenvalue weighted by molar-refractivity contribution is 0.167. The summed E-state index contributed by atoms with van der Waals surface area (Å²) in [4.78, 5) is 0. The Morgan fingerprint density at radius 2 is 1.74 bits per heavy atom. The van der Waals surface area contributed by atoms with Crippen molar-refractivity contribution in [1.82, 2.24) is 0 Å². The highest BCUT2D eigenvalue weighted by Gasteiger charge is 2.09. The Bertz CT molecular complexity index is 517. The molecule has 0 spiro atoms. The Labute approximate surface area is 114 Å². The standard InChI is InChI=1S/C17H20O2/c1-13-7-9-14(10-8-13)16(18)12-11-15-5-3-4-6-17(15)19-2/h3-10,16,18H,11-12H2,1-2H3. The molecule has 0 bridgehead atoms. The van der Waals surface area contributed by atoms with Gasteiger partial charge in [0.2, 0.25) is 0 Å². The van der Waals surface area contributed by atoms with Crippen molar-refractivity contribution in [3.8, 4) is 5.75 Å². The van der Waals surface area contributed by atoms with Gasteiger partial charge < -0.3 is 9.84 Å². The summed E-state index contributed by atoms with van der Waals surface area (Å²) in [5.41, 5.74) is 3.32. The van der Waals surface area contributed by atoms with Crippen LogP contribution in [0.2, 0.25) is 0 Å². The van der Waals surface area contributed by atoms with Gasteiger partial charge in [-0.15, -0.1) is 0 Å². The van der Waals surface area contributed by atoms with Crippen LogP contribution in [0.25, 0.3) is 0 Å². The molecule has 0 aliphatic rings. The molecule has 0 aromatic heterocycles. The van der Waals surface area contributed by atoms with Gasteiger partial charge in [0.25, 0.3) is 0 Å². The number of ether oxygens (including phenoxy) is 1. The minimum Gasteiger partial charge on any atom is -0.496 e. The summed E-state index contributed by atoms with van der Waals surface area (Å²) in [5, 5.41) is 10.2. The highest BCUT2D eigenvalue weighted by Crippen LogP contribution is 2.24. The van der Waals surface area contributed by atoms with Crippen molar-refractivity contribution < 1.29 is 9.84 Å². The Morgan fingerprint density at radius 3 is 2.42 bits per heavy atom. The van der Waals surface area contributed by atoms with Crippen molar-refractivity contribution >= 4 is 0 Å². The van der Waals surface area contributed by atoms with Crippen LogP contribution in [0.3, 0.4) is 0 Å². The quantitative estimate of drug-likeness (QED) is 0.884. The first kappa shape index (κ1) is 13.6. The summed E-state index contributed by atoms with van der Waals surface area (Å²) in [6.07, 6.45) is 1.08. The first-order chi connectivity index (χ1) is 9.20. The van der Waals surface area contributed by atoms with E-state index in [0.717, 1.165) is 23.3 Å². The van der Waals surface area contributed by atoms with E-state index in [1.807, 2.05) is 55.5 Å². The van der Waals surface area contributed by atoms with Crippen molar-refractivity contribution in [1.29, 1.82) is 0 Å². The molecule has 2 aromatic rings. The molecule has 0 fully saturated rings. The SMILES string of the molecule is COc1ccccc1CCC(O)c1ccc(C)cc1. The lowest BCUT2D eigenvalue weighted by atomic mass is 10.00. The third-order valence-corrected chi connectivity index (χ3v) is 3.34. The summed E-state index contributed by atoms with van der Waals surface area (Å²) in [7, 11) is 1.68. The number of rotatable bonds is 5. The molecule has 0 aliphatic carbocycles. The van der Waals surface area contributed by atoms with Crippen molar-refractivity contribution in [3.05, 3.63) is 65.2 Å². The van der Waals surface area contributed by atoms with Crippen LogP contribution in [0.5, 0.6) is 5.75 Å². The van der Waals surface area contributed by atoms with Gasteiger partial charge in [0, 0.05) is 0 Å². The smallest absolute Gasteiger partial charge is 0.122 e. The molecule has 100 valence electrons. The number of methoxy groups -OCH3 is 1. The van der Waals surface area contributed by atoms with E-state index in [4.69, 9.17) is 4.74 Å². The van der Waals surface area contributed by atoms with Crippen LogP contribution in [0.15, 0.2) is 48.5 Å². The van der Waals surface area contributed by atoms with E-state index < -0.39 is 6.10 Å². The molecule has 2 heteroatoms. The molecule has 0 amide bonds. The molecule has 0 saturated carbocycles. The largest absolute Gasteiger partial charge is 0.496 e. The van der Waals surface area contributed by atoms with E-state index in [-0.39, 0.29) is 0 Å². The molecule has 0 radical (unpaired) electrons. The maximum atomic E-state index is 10.2. The van der Waals surface area contributed by atoms with Crippen LogP contribution >= 0.6 is 0 Å². The van der Waals surface area contributed by atoms with E-state index in [1.165, 1.54) is 5.56 Å². The summed E-state index contributed by atoms with van der Waals surface area (Å²) in [6, 6.07) is 16.0. The molecular formula is C17H20O2. The normalized spacial score (nSPS) is 12.2. The minimum atomic E-state index is -0.425. The van der Waals surface area contributed by atoms with Crippen LogP contribution in [-0.2, 0) is 6.42 Å². The Hall–Kier alpha value is -1.80. The summed E-state index contributed by atoms with van der Waals surface area (Å²) < 4.78 is 5.32. The average molecular weight is 256 g/mol. The second-order valence-corrected chi connectivity index (χ2v) is 4.78. The predicted molar refractivity (Wildman–Crippen MR) is 77.5 cm³/mol. The third kappa shape index (κ3) is 3.58. The van der Waals surface area contributed by atoms with E-state index in [2.05, 4.69) is 0 Å². The fourth-order valence-corrected chi connectivity index (χ4v) is 2.16. The molecule has 1 atom stereocenters. The van der Waals surface area contributed by atoms with Gasteiger partial charge in [-0.1, -0.05) is 48.0 Å². The van der Waals surface area contributed by atoms with Gasteiger partial charge >= 0.3 is 0 Å². The zero-order valence-electron chi connectivity index (χ0n) is 11.5. The Balaban J connectivity index is 2.00. The molecule has 2 aromatic carbocycles. The maximum Gasteiger partial charge on any atom is 0.122 e. The molecule has 2 nitrogen and oxygen atoms in total. The number of benzene rings is 2. The fraction of sp³-hybridized carbons (Fsp3) is 0.294. The zero-order valence-corrected chi connectivity index (χ0v) is 11.5. The van der Waals surface area contributed by atoms with E-state index >= 15 is 0 Å². The Kier molecular flexibility index (Phi) is 4.58. The lowest BCUT2D eigenvalue weighted by Gasteiger charge is -2.13. The first-order valence-corrected chi connectivity index (χ1v) is 6.57. The molecular weight excluding hydrogens is 236 g/mol. The van der Waals surface area contributed by atoms with Crippen LogP contribution in [0, 0.1) is 6.92 Å². The number of para-hydroxylation sites is 1. The van der Waals surface area contributed by atoms with Gasteiger partial charge in [-0.05, 0) is 37.0 Å². The predicted octanol–water partition coefficient (Wildman–Crippen LogP) is 3.67. The molecule has 0 aliphatic heterocycles. The second-order valence-electron chi connectivity index (χ2n) is 4.78. The number of aryl methyl sites for hydroxylation is 2. The number of hydrogen-bond donors (Lipinski definition) is 1. The van der Waals surface area contributed by atoms with Crippen molar-refractivity contribution in [2.45, 2.75) is 25.9 Å². The molecule has 0 saturated heterocycles. The topological polar surface area (TPSA) is 29.5 Å². The van der Waals surface area contributed by atoms with Crippen molar-refractivity contribution in [3.63, 3.8) is 0 Å². The molecule has 0 heterocycles. The van der Waals surface area contributed by atoms with Crippen LogP contribution < -0.4 is 4.74 Å². The van der Waals surface area contributed by atoms with Gasteiger partial charge in [-0.3, -0.25) is 0 Å². The van der Waals surface area contributed by atoms with Crippen molar-refractivity contribution in [2.24, 2.45) is 0 Å². The average Bonchev–Trinajstić information content (AvgIpc) is 2.45. The summed E-state index contributed by atoms with van der Waals surface area (Å²) >= 11 is 0. The van der Waals surface area contributed by atoms with Gasteiger partial charge in [-0.2, -0.15) is 0 Å². The number of aliphatic hydroxyl groups excluding tert-OH is 1. The highest BCUT2D eigenvalue weighted by atomic mass is 16.5. The fourth-order valence-electron chi connectivity index (χ4n) is 2.16. The molecule has 1 unspecified atom stereocenters. The first-order valence-electron chi connectivity index (χ1n) is 6.57. The number of aliphatic hydroxyl groups is 1. The van der Waals surface area contributed by atoms with Crippen LogP contribution in [0.1, 0.15) is 29.2 Å². The Morgan fingerprint density at radius 1 is 1.05 bits per heavy atom. The van der Waals surface area contributed by atoms with Crippen molar-refractivity contribution in [2.75, 3.05) is 7.11 Å². The highest BCUT2D eigenvalue weighted by molar-refractivity contribution is 5.33. The third-order valence-electron chi connectivity index (χ3n) is 3.34. The number of hydrogen-bond acceptors (Lipinski definition) is 2. The van der Waals surface area contributed by atoms with Crippen LogP contribution in [0.4, 0.5) is 0 Å². The monoisotopic (exact) mass is 256 g/mol. The van der Waals surface area contributed by atoms with Gasteiger partial charge in [-0.25, -0.2) is 0 Å². The summed E-state index contributed by atoms with van der Waals surface area (Å²) in [5.74, 6) is 0.888. The molecule has 2 rings (SSSR count). The van der Waals surface area contributed by atoms with E-state index in [9.17, 15) is 5.11 Å². The second kappa shape index (κ2) is 6.39. The minimum absolute atomic E-state index is 0.425. The molecule has 1 N–H and O–H groups in total. The van der Waals surface area contributed by atoms with E-state index in [0.29, 0.717) is 6.42 Å². The zero-order chi connectivity index (χ0) is 13.7. The van der Waals surface area contributed by atoms with E-state index in [1.54, 1.807) is 7.11 Å². The lowest BCUT2D eigenvalue weighted by Crippen LogP contribution is -2.01.